The molecule has 0 N–H and O–H groups in total. The van der Waals surface area contributed by atoms with Gasteiger partial charge in [0.2, 0.25) is 11.7 Å². The predicted octanol–water partition coefficient (Wildman–Crippen LogP) is 2.64. The summed E-state index contributed by atoms with van der Waals surface area (Å²) in [6.45, 7) is 6.76. The second kappa shape index (κ2) is 6.54. The van der Waals surface area contributed by atoms with E-state index in [1.54, 1.807) is 23.5 Å². The molecule has 8 nitrogen and oxygen atoms in total. The van der Waals surface area contributed by atoms with Crippen molar-refractivity contribution >= 4 is 6.09 Å². The first-order chi connectivity index (χ1) is 11.4. The normalized spacial score (nSPS) is 18.5. The lowest BCUT2D eigenvalue weighted by Crippen LogP contribution is -2.42. The van der Waals surface area contributed by atoms with Crippen molar-refractivity contribution in [2.45, 2.75) is 45.1 Å². The Morgan fingerprint density at radius 1 is 1.38 bits per heavy atom. The van der Waals surface area contributed by atoms with Crippen molar-refractivity contribution in [2.75, 3.05) is 13.1 Å². The van der Waals surface area contributed by atoms with E-state index in [4.69, 9.17) is 9.26 Å². The van der Waals surface area contributed by atoms with Gasteiger partial charge in [-0.3, -0.25) is 4.98 Å². The molecule has 1 amide bonds. The van der Waals surface area contributed by atoms with Crippen LogP contribution in [0.15, 0.2) is 23.1 Å². The molecule has 1 atom stereocenters. The molecule has 8 heteroatoms. The first-order valence-corrected chi connectivity index (χ1v) is 8.00. The van der Waals surface area contributed by atoms with Gasteiger partial charge in [0, 0.05) is 25.5 Å². The quantitative estimate of drug-likeness (QED) is 0.835. The Morgan fingerprint density at radius 3 is 2.92 bits per heavy atom. The van der Waals surface area contributed by atoms with Crippen molar-refractivity contribution in [3.8, 4) is 11.5 Å². The molecular formula is C16H21N5O3. The zero-order chi connectivity index (χ0) is 17.2. The minimum atomic E-state index is -0.506. The second-order valence-electron chi connectivity index (χ2n) is 6.81. The Morgan fingerprint density at radius 2 is 2.21 bits per heavy atom. The van der Waals surface area contributed by atoms with Gasteiger partial charge in [-0.15, -0.1) is 0 Å². The summed E-state index contributed by atoms with van der Waals surface area (Å²) in [5.74, 6) is 0.931. The molecule has 0 saturated carbocycles. The van der Waals surface area contributed by atoms with Crippen LogP contribution >= 0.6 is 0 Å². The third-order valence-electron chi connectivity index (χ3n) is 3.66. The summed E-state index contributed by atoms with van der Waals surface area (Å²) in [5.41, 5.74) is 0.0560. The van der Waals surface area contributed by atoms with E-state index in [1.165, 1.54) is 0 Å². The number of piperidine rings is 1. The van der Waals surface area contributed by atoms with E-state index < -0.39 is 5.60 Å². The van der Waals surface area contributed by atoms with Gasteiger partial charge in [-0.1, -0.05) is 5.16 Å². The monoisotopic (exact) mass is 331 g/mol. The van der Waals surface area contributed by atoms with E-state index in [1.807, 2.05) is 20.8 Å². The Labute approximate surface area is 140 Å². The van der Waals surface area contributed by atoms with Crippen LogP contribution in [0.5, 0.6) is 0 Å². The van der Waals surface area contributed by atoms with Crippen molar-refractivity contribution in [2.24, 2.45) is 0 Å². The first kappa shape index (κ1) is 16.4. The smallest absolute Gasteiger partial charge is 0.410 e. The second-order valence-corrected chi connectivity index (χ2v) is 6.81. The van der Waals surface area contributed by atoms with E-state index in [2.05, 4.69) is 20.1 Å². The highest BCUT2D eigenvalue weighted by molar-refractivity contribution is 5.68. The summed E-state index contributed by atoms with van der Waals surface area (Å²) in [5, 5.41) is 3.97. The highest BCUT2D eigenvalue weighted by Crippen LogP contribution is 2.28. The molecule has 128 valence electrons. The van der Waals surface area contributed by atoms with E-state index in [-0.39, 0.29) is 12.0 Å². The molecule has 0 radical (unpaired) electrons. The standard InChI is InChI=1S/C16H21N5O3/c1-16(2,3)23-15(22)21-8-4-5-11(10-21)14-19-13(20-24-14)12-9-17-6-7-18-12/h6-7,9,11H,4-5,8,10H2,1-3H3. The molecule has 1 aliphatic heterocycles. The molecule has 0 spiro atoms. The third-order valence-corrected chi connectivity index (χ3v) is 3.66. The molecular weight excluding hydrogens is 310 g/mol. The molecule has 0 aromatic carbocycles. The summed E-state index contributed by atoms with van der Waals surface area (Å²) < 4.78 is 10.8. The topological polar surface area (TPSA) is 94.2 Å². The maximum Gasteiger partial charge on any atom is 0.410 e. The van der Waals surface area contributed by atoms with E-state index in [0.717, 1.165) is 12.8 Å². The summed E-state index contributed by atoms with van der Waals surface area (Å²) in [6, 6.07) is 0. The lowest BCUT2D eigenvalue weighted by atomic mass is 9.98. The van der Waals surface area contributed by atoms with Gasteiger partial charge in [0.05, 0.1) is 12.1 Å². The van der Waals surface area contributed by atoms with Gasteiger partial charge in [0.25, 0.3) is 0 Å². The average molecular weight is 331 g/mol. The maximum absolute atomic E-state index is 12.2. The minimum absolute atomic E-state index is 0.00388. The van der Waals surface area contributed by atoms with Gasteiger partial charge in [-0.25, -0.2) is 9.78 Å². The number of nitrogens with zero attached hydrogens (tertiary/aromatic N) is 5. The van der Waals surface area contributed by atoms with Gasteiger partial charge in [0.1, 0.15) is 11.3 Å². The Balaban J connectivity index is 1.69. The van der Waals surface area contributed by atoms with Gasteiger partial charge >= 0.3 is 6.09 Å². The van der Waals surface area contributed by atoms with Crippen LogP contribution in [0.3, 0.4) is 0 Å². The van der Waals surface area contributed by atoms with Gasteiger partial charge < -0.3 is 14.2 Å². The van der Waals surface area contributed by atoms with Crippen LogP contribution in [0, 0.1) is 0 Å². The van der Waals surface area contributed by atoms with Crippen LogP contribution < -0.4 is 0 Å². The number of rotatable bonds is 2. The van der Waals surface area contributed by atoms with Crippen molar-refractivity contribution < 1.29 is 14.1 Å². The lowest BCUT2D eigenvalue weighted by molar-refractivity contribution is 0.0189. The van der Waals surface area contributed by atoms with Crippen LogP contribution in [0.4, 0.5) is 4.79 Å². The molecule has 0 aliphatic carbocycles. The molecule has 1 aliphatic rings. The van der Waals surface area contributed by atoms with Crippen LogP contribution in [-0.4, -0.2) is 49.8 Å². The summed E-state index contributed by atoms with van der Waals surface area (Å²) in [4.78, 5) is 26.5. The zero-order valence-electron chi connectivity index (χ0n) is 14.1. The largest absolute Gasteiger partial charge is 0.444 e. The minimum Gasteiger partial charge on any atom is -0.444 e. The van der Waals surface area contributed by atoms with Gasteiger partial charge in [0.15, 0.2) is 0 Å². The Bertz CT molecular complexity index is 695. The number of likely N-dealkylation sites (tertiary alicyclic amines) is 1. The molecule has 1 unspecified atom stereocenters. The number of carbonyl (C=O) groups is 1. The lowest BCUT2D eigenvalue weighted by Gasteiger charge is -2.32. The molecule has 24 heavy (non-hydrogen) atoms. The molecule has 1 fully saturated rings. The predicted molar refractivity (Wildman–Crippen MR) is 85.1 cm³/mol. The fraction of sp³-hybridized carbons (Fsp3) is 0.562. The number of aromatic nitrogens is 4. The zero-order valence-corrected chi connectivity index (χ0v) is 14.1. The van der Waals surface area contributed by atoms with Crippen molar-refractivity contribution in [3.63, 3.8) is 0 Å². The summed E-state index contributed by atoms with van der Waals surface area (Å²) in [7, 11) is 0. The van der Waals surface area contributed by atoms with Gasteiger partial charge in [-0.2, -0.15) is 4.98 Å². The molecule has 3 rings (SSSR count). The van der Waals surface area contributed by atoms with Gasteiger partial charge in [-0.05, 0) is 33.6 Å². The molecule has 2 aromatic rings. The molecule has 2 aromatic heterocycles. The SMILES string of the molecule is CC(C)(C)OC(=O)N1CCCC(c2nc(-c3cnccn3)no2)C1. The van der Waals surface area contributed by atoms with Crippen LogP contribution in [-0.2, 0) is 4.74 Å². The fourth-order valence-corrected chi connectivity index (χ4v) is 2.59. The third kappa shape index (κ3) is 3.87. The van der Waals surface area contributed by atoms with Crippen molar-refractivity contribution in [1.82, 2.24) is 25.0 Å². The number of hydrogen-bond acceptors (Lipinski definition) is 7. The molecule has 0 bridgehead atoms. The van der Waals surface area contributed by atoms with E-state index >= 15 is 0 Å². The van der Waals surface area contributed by atoms with Crippen LogP contribution in [0.1, 0.15) is 45.4 Å². The number of amides is 1. The van der Waals surface area contributed by atoms with Crippen LogP contribution in [0.25, 0.3) is 11.5 Å². The van der Waals surface area contributed by atoms with E-state index in [0.29, 0.717) is 30.5 Å². The summed E-state index contributed by atoms with van der Waals surface area (Å²) >= 11 is 0. The fourth-order valence-electron chi connectivity index (χ4n) is 2.59. The number of hydrogen-bond donors (Lipinski definition) is 0. The Hall–Kier alpha value is -2.51. The highest BCUT2D eigenvalue weighted by atomic mass is 16.6. The number of carbonyl (C=O) groups excluding carboxylic acids is 1. The molecule has 1 saturated heterocycles. The maximum atomic E-state index is 12.2. The van der Waals surface area contributed by atoms with Crippen molar-refractivity contribution in [3.05, 3.63) is 24.5 Å². The average Bonchev–Trinajstić information content (AvgIpc) is 3.04. The highest BCUT2D eigenvalue weighted by Gasteiger charge is 2.31. The first-order valence-electron chi connectivity index (χ1n) is 8.00. The Kier molecular flexibility index (Phi) is 4.46. The molecule has 3 heterocycles. The van der Waals surface area contributed by atoms with Crippen LogP contribution in [0.2, 0.25) is 0 Å². The van der Waals surface area contributed by atoms with E-state index in [9.17, 15) is 4.79 Å². The summed E-state index contributed by atoms with van der Waals surface area (Å²) in [6.07, 6.45) is 6.21. The van der Waals surface area contributed by atoms with Crippen molar-refractivity contribution in [1.29, 1.82) is 0 Å². The number of ether oxygens (including phenoxy) is 1.